The first-order valence-corrected chi connectivity index (χ1v) is 8.10. The van der Waals surface area contributed by atoms with Gasteiger partial charge in [-0.2, -0.15) is 0 Å². The van der Waals surface area contributed by atoms with Gasteiger partial charge in [-0.05, 0) is 37.3 Å². The van der Waals surface area contributed by atoms with Crippen LogP contribution >= 0.6 is 0 Å². The molecule has 3 atom stereocenters. The van der Waals surface area contributed by atoms with Crippen LogP contribution in [-0.2, 0) is 0 Å². The van der Waals surface area contributed by atoms with Gasteiger partial charge >= 0.3 is 0 Å². The summed E-state index contributed by atoms with van der Waals surface area (Å²) in [5.41, 5.74) is 2.76. The van der Waals surface area contributed by atoms with Gasteiger partial charge in [0.15, 0.2) is 0 Å². The highest BCUT2D eigenvalue weighted by Crippen LogP contribution is 2.23. The van der Waals surface area contributed by atoms with E-state index in [0.717, 1.165) is 24.9 Å². The molecule has 1 aromatic carbocycles. The summed E-state index contributed by atoms with van der Waals surface area (Å²) in [7, 11) is 0. The molecule has 0 saturated carbocycles. The lowest BCUT2D eigenvalue weighted by atomic mass is 9.91. The van der Waals surface area contributed by atoms with E-state index < -0.39 is 0 Å². The Labute approximate surface area is 124 Å². The Morgan fingerprint density at radius 3 is 2.30 bits per heavy atom. The highest BCUT2D eigenvalue weighted by Gasteiger charge is 2.24. The van der Waals surface area contributed by atoms with E-state index >= 15 is 0 Å². The molecule has 112 valence electrons. The Morgan fingerprint density at radius 1 is 1.15 bits per heavy atom. The molecule has 0 bridgehead atoms. The lowest BCUT2D eigenvalue weighted by Crippen LogP contribution is -2.43. The second-order valence-electron chi connectivity index (χ2n) is 6.69. The summed E-state index contributed by atoms with van der Waals surface area (Å²) in [6, 6.07) is 9.46. The van der Waals surface area contributed by atoms with Crippen molar-refractivity contribution in [2.24, 2.45) is 11.8 Å². The van der Waals surface area contributed by atoms with Crippen LogP contribution in [0.15, 0.2) is 24.3 Å². The second kappa shape index (κ2) is 7.24. The fourth-order valence-electron chi connectivity index (χ4n) is 3.53. The van der Waals surface area contributed by atoms with Gasteiger partial charge < -0.3 is 10.2 Å². The van der Waals surface area contributed by atoms with Crippen LogP contribution in [0, 0.1) is 18.8 Å². The lowest BCUT2D eigenvalue weighted by molar-refractivity contribution is 0.128. The third-order valence-electron chi connectivity index (χ3n) is 4.32. The van der Waals surface area contributed by atoms with E-state index in [0.29, 0.717) is 6.04 Å². The van der Waals surface area contributed by atoms with Crippen LogP contribution in [0.1, 0.15) is 44.4 Å². The van der Waals surface area contributed by atoms with Gasteiger partial charge in [-0.25, -0.2) is 0 Å². The maximum absolute atomic E-state index is 3.65. The SMILES string of the molecule is CCNC(CN1CC(C)CC(C)C1)c1ccc(C)cc1. The van der Waals surface area contributed by atoms with E-state index in [2.05, 4.69) is 62.2 Å². The molecule has 1 saturated heterocycles. The number of piperidine rings is 1. The number of nitrogens with zero attached hydrogens (tertiary/aromatic N) is 1. The molecule has 3 unspecified atom stereocenters. The van der Waals surface area contributed by atoms with Crippen LogP contribution in [0.4, 0.5) is 0 Å². The topological polar surface area (TPSA) is 15.3 Å². The Kier molecular flexibility index (Phi) is 5.62. The molecule has 1 fully saturated rings. The number of hydrogen-bond donors (Lipinski definition) is 1. The van der Waals surface area contributed by atoms with Crippen LogP contribution < -0.4 is 5.32 Å². The zero-order valence-electron chi connectivity index (χ0n) is 13.5. The van der Waals surface area contributed by atoms with Crippen LogP contribution in [0.5, 0.6) is 0 Å². The monoisotopic (exact) mass is 274 g/mol. The fraction of sp³-hybridized carbons (Fsp3) is 0.667. The summed E-state index contributed by atoms with van der Waals surface area (Å²) in [6.07, 6.45) is 1.38. The first-order valence-electron chi connectivity index (χ1n) is 8.10. The molecule has 20 heavy (non-hydrogen) atoms. The number of likely N-dealkylation sites (tertiary alicyclic amines) is 1. The zero-order chi connectivity index (χ0) is 14.5. The Morgan fingerprint density at radius 2 is 1.75 bits per heavy atom. The van der Waals surface area contributed by atoms with Crippen molar-refractivity contribution in [2.45, 2.75) is 40.2 Å². The molecule has 2 rings (SSSR count). The smallest absolute Gasteiger partial charge is 0.0449 e. The Hall–Kier alpha value is -0.860. The molecule has 2 heteroatoms. The standard InChI is InChI=1S/C18H30N2/c1-5-19-18(17-8-6-14(2)7-9-17)13-20-11-15(3)10-16(4)12-20/h6-9,15-16,18-19H,5,10-13H2,1-4H3. The largest absolute Gasteiger partial charge is 0.309 e. The van der Waals surface area contributed by atoms with Crippen LogP contribution in [0.3, 0.4) is 0 Å². The maximum Gasteiger partial charge on any atom is 0.0449 e. The van der Waals surface area contributed by atoms with E-state index in [1.165, 1.54) is 30.6 Å². The Bertz CT molecular complexity index is 388. The predicted molar refractivity (Wildman–Crippen MR) is 87.0 cm³/mol. The van der Waals surface area contributed by atoms with Gasteiger partial charge in [-0.3, -0.25) is 0 Å². The minimum Gasteiger partial charge on any atom is -0.309 e. The highest BCUT2D eigenvalue weighted by atomic mass is 15.2. The van der Waals surface area contributed by atoms with Crippen LogP contribution in [0.25, 0.3) is 0 Å². The Balaban J connectivity index is 2.03. The number of rotatable bonds is 5. The summed E-state index contributed by atoms with van der Waals surface area (Å²) in [5, 5.41) is 3.65. The molecular weight excluding hydrogens is 244 g/mol. The molecule has 2 nitrogen and oxygen atoms in total. The van der Waals surface area contributed by atoms with Crippen LogP contribution in [-0.4, -0.2) is 31.1 Å². The first kappa shape index (κ1) is 15.5. The van der Waals surface area contributed by atoms with Crippen molar-refractivity contribution in [1.82, 2.24) is 10.2 Å². The fourth-order valence-corrected chi connectivity index (χ4v) is 3.53. The van der Waals surface area contributed by atoms with Gasteiger partial charge in [0, 0.05) is 25.7 Å². The van der Waals surface area contributed by atoms with Gasteiger partial charge in [0.05, 0.1) is 0 Å². The third-order valence-corrected chi connectivity index (χ3v) is 4.32. The first-order chi connectivity index (χ1) is 9.58. The molecule has 1 heterocycles. The number of hydrogen-bond acceptors (Lipinski definition) is 2. The maximum atomic E-state index is 3.65. The molecule has 0 aliphatic carbocycles. The quantitative estimate of drug-likeness (QED) is 0.882. The second-order valence-corrected chi connectivity index (χ2v) is 6.69. The van der Waals surface area contributed by atoms with E-state index in [1.54, 1.807) is 0 Å². The van der Waals surface area contributed by atoms with Gasteiger partial charge in [-0.1, -0.05) is 50.6 Å². The summed E-state index contributed by atoms with van der Waals surface area (Å²) in [6.45, 7) is 13.8. The van der Waals surface area contributed by atoms with Crippen molar-refractivity contribution in [3.63, 3.8) is 0 Å². The van der Waals surface area contributed by atoms with E-state index in [-0.39, 0.29) is 0 Å². The van der Waals surface area contributed by atoms with E-state index in [9.17, 15) is 0 Å². The average molecular weight is 274 g/mol. The van der Waals surface area contributed by atoms with Crippen molar-refractivity contribution in [3.8, 4) is 0 Å². The molecule has 0 aromatic heterocycles. The summed E-state index contributed by atoms with van der Waals surface area (Å²) >= 11 is 0. The van der Waals surface area contributed by atoms with Crippen molar-refractivity contribution < 1.29 is 0 Å². The van der Waals surface area contributed by atoms with Gasteiger partial charge in [0.25, 0.3) is 0 Å². The lowest BCUT2D eigenvalue weighted by Gasteiger charge is -2.37. The minimum absolute atomic E-state index is 0.457. The normalized spacial score (nSPS) is 25.6. The molecule has 1 N–H and O–H groups in total. The molecule has 1 aromatic rings. The number of likely N-dealkylation sites (N-methyl/N-ethyl adjacent to an activating group) is 1. The summed E-state index contributed by atoms with van der Waals surface area (Å²) in [4.78, 5) is 2.64. The summed E-state index contributed by atoms with van der Waals surface area (Å²) in [5.74, 6) is 1.66. The van der Waals surface area contributed by atoms with Crippen LogP contribution in [0.2, 0.25) is 0 Å². The number of nitrogens with one attached hydrogen (secondary N) is 1. The van der Waals surface area contributed by atoms with Crippen molar-refractivity contribution >= 4 is 0 Å². The van der Waals surface area contributed by atoms with Gasteiger partial charge in [0.1, 0.15) is 0 Å². The molecule has 1 aliphatic heterocycles. The van der Waals surface area contributed by atoms with Gasteiger partial charge in [-0.15, -0.1) is 0 Å². The molecule has 0 spiro atoms. The predicted octanol–water partition coefficient (Wildman–Crippen LogP) is 3.62. The van der Waals surface area contributed by atoms with Crippen molar-refractivity contribution in [2.75, 3.05) is 26.2 Å². The third kappa shape index (κ3) is 4.32. The highest BCUT2D eigenvalue weighted by molar-refractivity contribution is 5.24. The average Bonchev–Trinajstić information content (AvgIpc) is 2.38. The summed E-state index contributed by atoms with van der Waals surface area (Å²) < 4.78 is 0. The zero-order valence-corrected chi connectivity index (χ0v) is 13.5. The van der Waals surface area contributed by atoms with Gasteiger partial charge in [0.2, 0.25) is 0 Å². The number of aryl methyl sites for hydroxylation is 1. The van der Waals surface area contributed by atoms with E-state index in [1.807, 2.05) is 0 Å². The molecule has 0 amide bonds. The molecule has 1 aliphatic rings. The minimum atomic E-state index is 0.457. The molecular formula is C18H30N2. The van der Waals surface area contributed by atoms with Crippen molar-refractivity contribution in [3.05, 3.63) is 35.4 Å². The molecule has 0 radical (unpaired) electrons. The van der Waals surface area contributed by atoms with Crippen molar-refractivity contribution in [1.29, 1.82) is 0 Å². The van der Waals surface area contributed by atoms with E-state index in [4.69, 9.17) is 0 Å². The number of benzene rings is 1.